The summed E-state index contributed by atoms with van der Waals surface area (Å²) in [7, 11) is 6.23. The standard InChI is InChI=1S/C21H20N4O6S/c1-26-14-7-5-6-12(8-14)19-22-17(31-25-19)11-32-21-24-23-20(30-21)13-9-15(27-2)18(29-4)16(10-13)28-3/h5-10H,11H2,1-4H3. The maximum absolute atomic E-state index is 5.77. The molecule has 2 aromatic carbocycles. The maximum Gasteiger partial charge on any atom is 0.277 e. The SMILES string of the molecule is COc1cccc(-c2noc(CSc3nnc(-c4cc(OC)c(OC)c(OC)c4)o3)n2)c1. The van der Waals surface area contributed by atoms with Crippen molar-refractivity contribution in [2.75, 3.05) is 28.4 Å². The number of hydrogen-bond donors (Lipinski definition) is 0. The molecule has 0 amide bonds. The van der Waals surface area contributed by atoms with Crippen LogP contribution in [0.2, 0.25) is 0 Å². The van der Waals surface area contributed by atoms with E-state index in [1.807, 2.05) is 24.3 Å². The first-order valence-corrected chi connectivity index (χ1v) is 10.4. The van der Waals surface area contributed by atoms with E-state index in [2.05, 4.69) is 20.3 Å². The third kappa shape index (κ3) is 4.47. The molecule has 0 saturated carbocycles. The van der Waals surface area contributed by atoms with E-state index in [0.717, 1.165) is 5.56 Å². The summed E-state index contributed by atoms with van der Waals surface area (Å²) in [6.07, 6.45) is 0. The number of rotatable bonds is 9. The molecule has 0 radical (unpaired) electrons. The van der Waals surface area contributed by atoms with Gasteiger partial charge in [0.05, 0.1) is 34.2 Å². The Kier molecular flexibility index (Phi) is 6.45. The van der Waals surface area contributed by atoms with Crippen molar-refractivity contribution in [3.8, 4) is 45.8 Å². The number of ether oxygens (including phenoxy) is 4. The fourth-order valence-corrected chi connectivity index (χ4v) is 3.51. The Balaban J connectivity index is 1.47. The van der Waals surface area contributed by atoms with Crippen molar-refractivity contribution < 1.29 is 27.9 Å². The zero-order chi connectivity index (χ0) is 22.5. The van der Waals surface area contributed by atoms with Crippen LogP contribution < -0.4 is 18.9 Å². The second kappa shape index (κ2) is 9.60. The highest BCUT2D eigenvalue weighted by Gasteiger charge is 2.18. The Morgan fingerprint density at radius 2 is 1.66 bits per heavy atom. The van der Waals surface area contributed by atoms with E-state index in [9.17, 15) is 0 Å². The zero-order valence-corrected chi connectivity index (χ0v) is 18.6. The lowest BCUT2D eigenvalue weighted by molar-refractivity contribution is 0.324. The van der Waals surface area contributed by atoms with Crippen molar-refractivity contribution in [1.82, 2.24) is 20.3 Å². The fraction of sp³-hybridized carbons (Fsp3) is 0.238. The van der Waals surface area contributed by atoms with E-state index in [4.69, 9.17) is 27.9 Å². The van der Waals surface area contributed by atoms with Gasteiger partial charge in [0.2, 0.25) is 23.4 Å². The average Bonchev–Trinajstić information content (AvgIpc) is 3.51. The summed E-state index contributed by atoms with van der Waals surface area (Å²) < 4.78 is 32.4. The van der Waals surface area contributed by atoms with E-state index < -0.39 is 0 Å². The summed E-state index contributed by atoms with van der Waals surface area (Å²) in [5.74, 6) is 3.77. The van der Waals surface area contributed by atoms with Crippen molar-refractivity contribution in [3.05, 3.63) is 42.3 Å². The highest BCUT2D eigenvalue weighted by molar-refractivity contribution is 7.98. The third-order valence-electron chi connectivity index (χ3n) is 4.43. The highest BCUT2D eigenvalue weighted by Crippen LogP contribution is 2.41. The number of benzene rings is 2. The second-order valence-electron chi connectivity index (χ2n) is 6.32. The van der Waals surface area contributed by atoms with Gasteiger partial charge in [0.1, 0.15) is 5.75 Å². The molecule has 4 rings (SSSR count). The minimum atomic E-state index is 0.314. The Bertz CT molecular complexity index is 1180. The first kappa shape index (κ1) is 21.5. The van der Waals surface area contributed by atoms with E-state index >= 15 is 0 Å². The first-order valence-electron chi connectivity index (χ1n) is 9.38. The molecule has 4 aromatic rings. The van der Waals surface area contributed by atoms with Gasteiger partial charge in [-0.15, -0.1) is 10.2 Å². The van der Waals surface area contributed by atoms with Crippen molar-refractivity contribution in [2.45, 2.75) is 11.0 Å². The summed E-state index contributed by atoms with van der Waals surface area (Å²) in [6.45, 7) is 0. The Hall–Kier alpha value is -3.73. The van der Waals surface area contributed by atoms with Gasteiger partial charge in [-0.2, -0.15) is 4.98 Å². The summed E-state index contributed by atoms with van der Waals surface area (Å²) in [5.41, 5.74) is 1.43. The van der Waals surface area contributed by atoms with Crippen LogP contribution in [0.15, 0.2) is 50.6 Å². The lowest BCUT2D eigenvalue weighted by atomic mass is 10.2. The van der Waals surface area contributed by atoms with E-state index in [0.29, 0.717) is 57.1 Å². The van der Waals surface area contributed by atoms with Crippen LogP contribution in [0.3, 0.4) is 0 Å². The van der Waals surface area contributed by atoms with Gasteiger partial charge in [0.25, 0.3) is 5.22 Å². The summed E-state index contributed by atoms with van der Waals surface area (Å²) in [4.78, 5) is 4.41. The van der Waals surface area contributed by atoms with Gasteiger partial charge in [-0.1, -0.05) is 29.1 Å². The average molecular weight is 456 g/mol. The lowest BCUT2D eigenvalue weighted by Gasteiger charge is -2.12. The Morgan fingerprint density at radius 3 is 2.34 bits per heavy atom. The van der Waals surface area contributed by atoms with Crippen LogP contribution in [0.25, 0.3) is 22.8 Å². The van der Waals surface area contributed by atoms with Crippen molar-refractivity contribution in [1.29, 1.82) is 0 Å². The van der Waals surface area contributed by atoms with Crippen molar-refractivity contribution in [3.63, 3.8) is 0 Å². The molecule has 32 heavy (non-hydrogen) atoms. The van der Waals surface area contributed by atoms with Crippen LogP contribution in [-0.4, -0.2) is 48.8 Å². The number of nitrogens with zero attached hydrogens (tertiary/aromatic N) is 4. The van der Waals surface area contributed by atoms with Crippen molar-refractivity contribution in [2.24, 2.45) is 0 Å². The Labute approximate surface area is 187 Å². The summed E-state index contributed by atoms with van der Waals surface area (Å²) >= 11 is 1.28. The van der Waals surface area contributed by atoms with Crippen LogP contribution in [0, 0.1) is 0 Å². The number of thioether (sulfide) groups is 1. The topological polar surface area (TPSA) is 115 Å². The van der Waals surface area contributed by atoms with Gasteiger partial charge in [-0.05, 0) is 24.3 Å². The molecule has 0 saturated heterocycles. The van der Waals surface area contributed by atoms with Gasteiger partial charge in [0, 0.05) is 11.1 Å². The molecule has 2 heterocycles. The van der Waals surface area contributed by atoms with Gasteiger partial charge < -0.3 is 27.9 Å². The smallest absolute Gasteiger partial charge is 0.277 e. The number of hydrogen-bond acceptors (Lipinski definition) is 11. The second-order valence-corrected chi connectivity index (χ2v) is 7.25. The summed E-state index contributed by atoms with van der Waals surface area (Å²) in [6, 6.07) is 10.9. The predicted molar refractivity (Wildman–Crippen MR) is 115 cm³/mol. The molecular formula is C21H20N4O6S. The molecule has 11 heteroatoms. The molecule has 0 bridgehead atoms. The van der Waals surface area contributed by atoms with Gasteiger partial charge in [-0.25, -0.2) is 0 Å². The number of methoxy groups -OCH3 is 4. The van der Waals surface area contributed by atoms with Gasteiger partial charge >= 0.3 is 0 Å². The molecule has 0 atom stereocenters. The van der Waals surface area contributed by atoms with Crippen LogP contribution in [0.1, 0.15) is 5.89 Å². The molecule has 2 aromatic heterocycles. The summed E-state index contributed by atoms with van der Waals surface area (Å²) in [5, 5.41) is 12.6. The first-order chi connectivity index (χ1) is 15.6. The normalized spacial score (nSPS) is 10.8. The molecule has 0 unspecified atom stereocenters. The molecule has 10 nitrogen and oxygen atoms in total. The molecule has 0 aliphatic heterocycles. The monoisotopic (exact) mass is 456 g/mol. The molecule has 0 spiro atoms. The van der Waals surface area contributed by atoms with Crippen LogP contribution in [0.4, 0.5) is 0 Å². The molecule has 0 aliphatic carbocycles. The largest absolute Gasteiger partial charge is 0.497 e. The van der Waals surface area contributed by atoms with Gasteiger partial charge in [-0.3, -0.25) is 0 Å². The van der Waals surface area contributed by atoms with E-state index in [1.54, 1.807) is 40.6 Å². The molecule has 166 valence electrons. The van der Waals surface area contributed by atoms with Crippen LogP contribution >= 0.6 is 11.8 Å². The molecular weight excluding hydrogens is 436 g/mol. The molecule has 0 aliphatic rings. The van der Waals surface area contributed by atoms with E-state index in [1.165, 1.54) is 11.8 Å². The molecule has 0 N–H and O–H groups in total. The Morgan fingerprint density at radius 1 is 0.875 bits per heavy atom. The zero-order valence-electron chi connectivity index (χ0n) is 17.8. The quantitative estimate of drug-likeness (QED) is 0.339. The minimum absolute atomic E-state index is 0.314. The highest BCUT2D eigenvalue weighted by atomic mass is 32.2. The fourth-order valence-electron chi connectivity index (χ4n) is 2.91. The maximum atomic E-state index is 5.77. The number of aromatic nitrogens is 4. The van der Waals surface area contributed by atoms with Crippen LogP contribution in [0.5, 0.6) is 23.0 Å². The van der Waals surface area contributed by atoms with Gasteiger partial charge in [0.15, 0.2) is 11.5 Å². The molecule has 0 fully saturated rings. The lowest BCUT2D eigenvalue weighted by Crippen LogP contribution is -1.95. The van der Waals surface area contributed by atoms with Crippen LogP contribution in [-0.2, 0) is 5.75 Å². The predicted octanol–water partition coefficient (Wildman–Crippen LogP) is 4.11. The third-order valence-corrected chi connectivity index (χ3v) is 5.24. The van der Waals surface area contributed by atoms with E-state index in [-0.39, 0.29) is 0 Å². The van der Waals surface area contributed by atoms with Crippen molar-refractivity contribution >= 4 is 11.8 Å². The minimum Gasteiger partial charge on any atom is -0.497 e.